The van der Waals surface area contributed by atoms with Crippen LogP contribution in [-0.2, 0) is 4.74 Å². The van der Waals surface area contributed by atoms with Gasteiger partial charge in [0, 0.05) is 25.3 Å². The van der Waals surface area contributed by atoms with Crippen LogP contribution in [-0.4, -0.2) is 55.9 Å². The van der Waals surface area contributed by atoms with Gasteiger partial charge in [0.1, 0.15) is 5.75 Å². The van der Waals surface area contributed by atoms with Gasteiger partial charge in [-0.15, -0.1) is 0 Å². The van der Waals surface area contributed by atoms with Gasteiger partial charge < -0.3 is 14.8 Å². The van der Waals surface area contributed by atoms with Gasteiger partial charge in [-0.1, -0.05) is 0 Å². The molecule has 1 fully saturated rings. The Balaban J connectivity index is 2.14. The van der Waals surface area contributed by atoms with Crippen molar-refractivity contribution in [1.29, 1.82) is 0 Å². The minimum atomic E-state index is 0.124. The van der Waals surface area contributed by atoms with E-state index in [0.29, 0.717) is 6.04 Å². The largest absolute Gasteiger partial charge is 0.495 e. The van der Waals surface area contributed by atoms with Crippen molar-refractivity contribution >= 4 is 0 Å². The van der Waals surface area contributed by atoms with Crippen LogP contribution >= 0.6 is 0 Å². The Bertz CT molecular complexity index is 425. The van der Waals surface area contributed by atoms with Crippen LogP contribution in [0.5, 0.6) is 5.75 Å². The fourth-order valence-corrected chi connectivity index (χ4v) is 2.65. The predicted octanol–water partition coefficient (Wildman–Crippen LogP) is 1.46. The molecule has 2 heterocycles. The molecule has 0 spiro atoms. The highest BCUT2D eigenvalue weighted by atomic mass is 16.5. The van der Waals surface area contributed by atoms with Crippen LogP contribution in [0.15, 0.2) is 18.5 Å². The summed E-state index contributed by atoms with van der Waals surface area (Å²) in [5.74, 6) is 0.777. The Morgan fingerprint density at radius 2 is 2.25 bits per heavy atom. The van der Waals surface area contributed by atoms with Gasteiger partial charge in [-0.2, -0.15) is 0 Å². The molecule has 0 amide bonds. The molecule has 0 aliphatic carbocycles. The number of rotatable bonds is 5. The lowest BCUT2D eigenvalue weighted by molar-refractivity contribution is -0.0550. The Morgan fingerprint density at radius 3 is 2.90 bits per heavy atom. The molecule has 1 N–H and O–H groups in total. The summed E-state index contributed by atoms with van der Waals surface area (Å²) < 4.78 is 11.2. The number of likely N-dealkylation sites (N-methyl/N-ethyl adjacent to an activating group) is 1. The number of nitrogens with zero attached hydrogens (tertiary/aromatic N) is 2. The maximum absolute atomic E-state index is 5.97. The topological polar surface area (TPSA) is 46.6 Å². The average Bonchev–Trinajstić information content (AvgIpc) is 2.48. The number of aromatic nitrogens is 1. The summed E-state index contributed by atoms with van der Waals surface area (Å²) in [6.07, 6.45) is 3.73. The van der Waals surface area contributed by atoms with Gasteiger partial charge in [-0.05, 0) is 32.5 Å². The van der Waals surface area contributed by atoms with Crippen LogP contribution in [0.3, 0.4) is 0 Å². The lowest BCUT2D eigenvalue weighted by Gasteiger charge is -2.39. The van der Waals surface area contributed by atoms with Crippen molar-refractivity contribution in [2.75, 3.05) is 33.9 Å². The summed E-state index contributed by atoms with van der Waals surface area (Å²) >= 11 is 0. The van der Waals surface area contributed by atoms with Crippen LogP contribution < -0.4 is 10.1 Å². The van der Waals surface area contributed by atoms with Gasteiger partial charge in [0.2, 0.25) is 0 Å². The molecule has 2 unspecified atom stereocenters. The fraction of sp³-hybridized carbons (Fsp3) is 0.667. The SMILES string of the molecule is CNC(c1cncc(OC)c1)C1CN(C(C)C)CCO1. The Hall–Kier alpha value is -1.17. The molecule has 112 valence electrons. The summed E-state index contributed by atoms with van der Waals surface area (Å²) in [5.41, 5.74) is 1.10. The zero-order valence-electron chi connectivity index (χ0n) is 12.8. The third-order valence-corrected chi connectivity index (χ3v) is 3.87. The number of methoxy groups -OCH3 is 1. The minimum Gasteiger partial charge on any atom is -0.495 e. The minimum absolute atomic E-state index is 0.124. The highest BCUT2D eigenvalue weighted by Gasteiger charge is 2.29. The van der Waals surface area contributed by atoms with Crippen molar-refractivity contribution < 1.29 is 9.47 Å². The lowest BCUT2D eigenvalue weighted by Crippen LogP contribution is -2.49. The second kappa shape index (κ2) is 7.02. The van der Waals surface area contributed by atoms with Crippen molar-refractivity contribution in [3.05, 3.63) is 24.0 Å². The first kappa shape index (κ1) is 15.2. The van der Waals surface area contributed by atoms with E-state index in [2.05, 4.69) is 29.0 Å². The van der Waals surface area contributed by atoms with E-state index in [4.69, 9.17) is 9.47 Å². The average molecular weight is 279 g/mol. The molecule has 0 saturated carbocycles. The Labute approximate surface area is 121 Å². The Morgan fingerprint density at radius 1 is 1.45 bits per heavy atom. The summed E-state index contributed by atoms with van der Waals surface area (Å²) in [5, 5.41) is 3.35. The third kappa shape index (κ3) is 3.48. The van der Waals surface area contributed by atoms with Gasteiger partial charge in [0.05, 0.1) is 32.1 Å². The number of hydrogen-bond acceptors (Lipinski definition) is 5. The standard InChI is InChI=1S/C15H25N3O2/c1-11(2)18-5-6-20-14(10-18)15(16-3)12-7-13(19-4)9-17-8-12/h7-9,11,14-16H,5-6,10H2,1-4H3. The zero-order chi connectivity index (χ0) is 14.5. The van der Waals surface area contributed by atoms with E-state index in [0.717, 1.165) is 31.0 Å². The fourth-order valence-electron chi connectivity index (χ4n) is 2.65. The number of nitrogens with one attached hydrogen (secondary N) is 1. The molecule has 1 aliphatic heterocycles. The van der Waals surface area contributed by atoms with Gasteiger partial charge in [0.15, 0.2) is 0 Å². The molecule has 1 saturated heterocycles. The van der Waals surface area contributed by atoms with E-state index in [1.54, 1.807) is 13.3 Å². The molecular weight excluding hydrogens is 254 g/mol. The molecule has 2 rings (SSSR count). The maximum Gasteiger partial charge on any atom is 0.137 e. The molecule has 0 aromatic carbocycles. The molecule has 1 aromatic rings. The van der Waals surface area contributed by atoms with Crippen molar-refractivity contribution in [3.8, 4) is 5.75 Å². The summed E-state index contributed by atoms with van der Waals surface area (Å²) in [4.78, 5) is 6.69. The summed E-state index contributed by atoms with van der Waals surface area (Å²) in [6, 6.07) is 2.69. The third-order valence-electron chi connectivity index (χ3n) is 3.87. The van der Waals surface area contributed by atoms with E-state index in [9.17, 15) is 0 Å². The number of hydrogen-bond donors (Lipinski definition) is 1. The molecule has 5 heteroatoms. The second-order valence-electron chi connectivity index (χ2n) is 5.42. The first-order valence-electron chi connectivity index (χ1n) is 7.17. The molecule has 0 radical (unpaired) electrons. The highest BCUT2D eigenvalue weighted by molar-refractivity contribution is 5.26. The van der Waals surface area contributed by atoms with Crippen molar-refractivity contribution in [3.63, 3.8) is 0 Å². The van der Waals surface area contributed by atoms with Crippen LogP contribution in [0.4, 0.5) is 0 Å². The van der Waals surface area contributed by atoms with Crippen LogP contribution in [0.1, 0.15) is 25.5 Å². The number of ether oxygens (including phenoxy) is 2. The van der Waals surface area contributed by atoms with E-state index in [1.807, 2.05) is 19.3 Å². The molecular formula is C15H25N3O2. The van der Waals surface area contributed by atoms with E-state index >= 15 is 0 Å². The highest BCUT2D eigenvalue weighted by Crippen LogP contribution is 2.24. The van der Waals surface area contributed by atoms with Gasteiger partial charge in [-0.3, -0.25) is 9.88 Å². The second-order valence-corrected chi connectivity index (χ2v) is 5.42. The molecule has 20 heavy (non-hydrogen) atoms. The van der Waals surface area contributed by atoms with Gasteiger partial charge in [0.25, 0.3) is 0 Å². The Kier molecular flexibility index (Phi) is 5.34. The molecule has 1 aliphatic rings. The smallest absolute Gasteiger partial charge is 0.137 e. The molecule has 5 nitrogen and oxygen atoms in total. The summed E-state index contributed by atoms with van der Waals surface area (Å²) in [7, 11) is 3.62. The predicted molar refractivity (Wildman–Crippen MR) is 79.0 cm³/mol. The van der Waals surface area contributed by atoms with Crippen molar-refractivity contribution in [2.24, 2.45) is 0 Å². The monoisotopic (exact) mass is 279 g/mol. The van der Waals surface area contributed by atoms with Crippen LogP contribution in [0.2, 0.25) is 0 Å². The first-order valence-corrected chi connectivity index (χ1v) is 7.17. The van der Waals surface area contributed by atoms with E-state index in [-0.39, 0.29) is 12.1 Å². The molecule has 2 atom stereocenters. The van der Waals surface area contributed by atoms with Crippen molar-refractivity contribution in [2.45, 2.75) is 32.0 Å². The maximum atomic E-state index is 5.97. The number of pyridine rings is 1. The van der Waals surface area contributed by atoms with Crippen molar-refractivity contribution in [1.82, 2.24) is 15.2 Å². The van der Waals surface area contributed by atoms with Crippen LogP contribution in [0, 0.1) is 0 Å². The number of morpholine rings is 1. The first-order chi connectivity index (χ1) is 9.65. The summed E-state index contributed by atoms with van der Waals surface area (Å²) in [6.45, 7) is 7.16. The molecule has 1 aromatic heterocycles. The zero-order valence-corrected chi connectivity index (χ0v) is 12.8. The van der Waals surface area contributed by atoms with E-state index in [1.165, 1.54) is 0 Å². The van der Waals surface area contributed by atoms with Gasteiger partial charge >= 0.3 is 0 Å². The van der Waals surface area contributed by atoms with Crippen LogP contribution in [0.25, 0.3) is 0 Å². The molecule has 0 bridgehead atoms. The van der Waals surface area contributed by atoms with E-state index < -0.39 is 0 Å². The van der Waals surface area contributed by atoms with Gasteiger partial charge in [-0.25, -0.2) is 0 Å². The quantitative estimate of drug-likeness (QED) is 0.884. The lowest BCUT2D eigenvalue weighted by atomic mass is 10.0. The normalized spacial score (nSPS) is 21.9.